The van der Waals surface area contributed by atoms with Gasteiger partial charge in [-0.3, -0.25) is 4.79 Å². The van der Waals surface area contributed by atoms with Crippen molar-refractivity contribution < 1.29 is 27.6 Å². The maximum absolute atomic E-state index is 12.3. The Morgan fingerprint density at radius 3 is 2.50 bits per heavy atom. The van der Waals surface area contributed by atoms with E-state index >= 15 is 0 Å². The van der Waals surface area contributed by atoms with Crippen molar-refractivity contribution in [2.24, 2.45) is 0 Å². The topological polar surface area (TPSA) is 81.4 Å². The van der Waals surface area contributed by atoms with Crippen LogP contribution in [0.25, 0.3) is 0 Å². The number of thioether (sulfide) groups is 1. The van der Waals surface area contributed by atoms with Gasteiger partial charge in [-0.15, -0.1) is 0 Å². The van der Waals surface area contributed by atoms with E-state index in [-0.39, 0.29) is 11.5 Å². The molecule has 9 heteroatoms. The second-order valence-corrected chi connectivity index (χ2v) is 6.75. The standard InChI is InChI=1S/C17H18F2N2O4S/c1-9(2)15-14(10(3)21-25-15)16(23)24-8-13(22)20-11-4-6-12(7-5-11)26-17(18)19/h4-7,9,17H,8H2,1-3H3,(H,20,22). The zero-order valence-corrected chi connectivity index (χ0v) is 15.2. The Labute approximate surface area is 153 Å². The predicted octanol–water partition coefficient (Wildman–Crippen LogP) is 4.22. The average molecular weight is 384 g/mol. The van der Waals surface area contributed by atoms with Crippen molar-refractivity contribution in [3.63, 3.8) is 0 Å². The van der Waals surface area contributed by atoms with E-state index in [0.717, 1.165) is 0 Å². The number of nitrogens with zero attached hydrogens (tertiary/aromatic N) is 1. The van der Waals surface area contributed by atoms with Crippen LogP contribution in [-0.2, 0) is 9.53 Å². The Morgan fingerprint density at radius 1 is 1.27 bits per heavy atom. The van der Waals surface area contributed by atoms with E-state index in [0.29, 0.717) is 33.8 Å². The molecule has 26 heavy (non-hydrogen) atoms. The van der Waals surface area contributed by atoms with Crippen LogP contribution < -0.4 is 5.32 Å². The zero-order chi connectivity index (χ0) is 19.3. The van der Waals surface area contributed by atoms with Crippen molar-refractivity contribution >= 4 is 29.3 Å². The van der Waals surface area contributed by atoms with Gasteiger partial charge >= 0.3 is 5.97 Å². The molecule has 140 valence electrons. The van der Waals surface area contributed by atoms with Gasteiger partial charge in [-0.05, 0) is 31.2 Å². The summed E-state index contributed by atoms with van der Waals surface area (Å²) in [5.74, 6) is -3.40. The van der Waals surface area contributed by atoms with Crippen LogP contribution in [0.1, 0.15) is 41.6 Å². The van der Waals surface area contributed by atoms with Crippen molar-refractivity contribution in [1.82, 2.24) is 5.16 Å². The second kappa shape index (κ2) is 8.79. The molecule has 1 heterocycles. The maximum atomic E-state index is 12.3. The summed E-state index contributed by atoms with van der Waals surface area (Å²) >= 11 is 0.413. The summed E-state index contributed by atoms with van der Waals surface area (Å²) in [6.07, 6.45) is 0. The molecule has 0 saturated heterocycles. The number of alkyl halides is 2. The fourth-order valence-corrected chi connectivity index (χ4v) is 2.65. The van der Waals surface area contributed by atoms with Crippen LogP contribution in [0.15, 0.2) is 33.7 Å². The van der Waals surface area contributed by atoms with Crippen molar-refractivity contribution in [3.8, 4) is 0 Å². The summed E-state index contributed by atoms with van der Waals surface area (Å²) in [5, 5.41) is 6.27. The molecule has 1 N–H and O–H groups in total. The highest BCUT2D eigenvalue weighted by atomic mass is 32.2. The molecule has 6 nitrogen and oxygen atoms in total. The van der Waals surface area contributed by atoms with E-state index in [4.69, 9.17) is 9.26 Å². The molecule has 0 aliphatic heterocycles. The van der Waals surface area contributed by atoms with Gasteiger partial charge in [0, 0.05) is 16.5 Å². The molecule has 1 amide bonds. The monoisotopic (exact) mass is 384 g/mol. The largest absolute Gasteiger partial charge is 0.452 e. The third kappa shape index (κ3) is 5.29. The molecular formula is C17H18F2N2O4S. The molecule has 0 radical (unpaired) electrons. The van der Waals surface area contributed by atoms with Crippen molar-refractivity contribution in [2.75, 3.05) is 11.9 Å². The van der Waals surface area contributed by atoms with Gasteiger partial charge in [0.05, 0.1) is 5.69 Å². The van der Waals surface area contributed by atoms with E-state index in [2.05, 4.69) is 10.5 Å². The van der Waals surface area contributed by atoms with Crippen LogP contribution >= 0.6 is 11.8 Å². The number of amides is 1. The van der Waals surface area contributed by atoms with Gasteiger partial charge in [0.2, 0.25) is 0 Å². The number of ether oxygens (including phenoxy) is 1. The number of carbonyl (C=O) groups is 2. The van der Waals surface area contributed by atoms with Crippen molar-refractivity contribution in [3.05, 3.63) is 41.3 Å². The molecule has 0 unspecified atom stereocenters. The van der Waals surface area contributed by atoms with Gasteiger partial charge in [0.1, 0.15) is 5.56 Å². The van der Waals surface area contributed by atoms with Gasteiger partial charge in [-0.25, -0.2) is 4.79 Å². The highest BCUT2D eigenvalue weighted by Crippen LogP contribution is 2.26. The summed E-state index contributed by atoms with van der Waals surface area (Å²) in [5.41, 5.74) is 1.03. The van der Waals surface area contributed by atoms with E-state index in [1.807, 2.05) is 13.8 Å². The number of nitrogens with one attached hydrogen (secondary N) is 1. The van der Waals surface area contributed by atoms with Crippen LogP contribution in [0.3, 0.4) is 0 Å². The Hall–Kier alpha value is -2.42. The smallest absolute Gasteiger partial charge is 0.344 e. The highest BCUT2D eigenvalue weighted by molar-refractivity contribution is 7.99. The quantitative estimate of drug-likeness (QED) is 0.569. The van der Waals surface area contributed by atoms with Gasteiger partial charge in [-0.1, -0.05) is 30.8 Å². The lowest BCUT2D eigenvalue weighted by Gasteiger charge is -2.08. The molecule has 0 fully saturated rings. The lowest BCUT2D eigenvalue weighted by Crippen LogP contribution is -2.21. The molecule has 1 aromatic heterocycles. The molecule has 0 aliphatic carbocycles. The van der Waals surface area contributed by atoms with Crippen LogP contribution in [0.2, 0.25) is 0 Å². The SMILES string of the molecule is Cc1noc(C(C)C)c1C(=O)OCC(=O)Nc1ccc(SC(F)F)cc1. The maximum Gasteiger partial charge on any atom is 0.344 e. The molecule has 0 spiro atoms. The summed E-state index contributed by atoms with van der Waals surface area (Å²) in [6, 6.07) is 5.92. The summed E-state index contributed by atoms with van der Waals surface area (Å²) in [7, 11) is 0. The number of carbonyl (C=O) groups excluding carboxylic acids is 2. The fraction of sp³-hybridized carbons (Fsp3) is 0.353. The molecule has 2 aromatic rings. The Balaban J connectivity index is 1.91. The van der Waals surface area contributed by atoms with Crippen LogP contribution in [0, 0.1) is 6.92 Å². The number of esters is 1. The van der Waals surface area contributed by atoms with Crippen LogP contribution in [0.5, 0.6) is 0 Å². The number of rotatable bonds is 7. The average Bonchev–Trinajstić information content (AvgIpc) is 2.96. The number of aromatic nitrogens is 1. The first kappa shape index (κ1) is 19.9. The van der Waals surface area contributed by atoms with E-state index < -0.39 is 24.2 Å². The molecule has 2 rings (SSSR count). The third-order valence-electron chi connectivity index (χ3n) is 3.32. The molecule has 0 saturated carbocycles. The van der Waals surface area contributed by atoms with E-state index in [1.54, 1.807) is 6.92 Å². The zero-order valence-electron chi connectivity index (χ0n) is 14.4. The number of hydrogen-bond acceptors (Lipinski definition) is 6. The highest BCUT2D eigenvalue weighted by Gasteiger charge is 2.24. The number of anilines is 1. The molecule has 0 bridgehead atoms. The van der Waals surface area contributed by atoms with Crippen molar-refractivity contribution in [2.45, 2.75) is 37.3 Å². The molecule has 0 aliphatic rings. The second-order valence-electron chi connectivity index (χ2n) is 5.69. The minimum atomic E-state index is -2.51. The van der Waals surface area contributed by atoms with E-state index in [1.165, 1.54) is 24.3 Å². The van der Waals surface area contributed by atoms with E-state index in [9.17, 15) is 18.4 Å². The Morgan fingerprint density at radius 2 is 1.92 bits per heavy atom. The minimum Gasteiger partial charge on any atom is -0.452 e. The van der Waals surface area contributed by atoms with Crippen LogP contribution in [0.4, 0.5) is 14.5 Å². The number of hydrogen-bond donors (Lipinski definition) is 1. The normalized spacial score (nSPS) is 11.0. The van der Waals surface area contributed by atoms with Gasteiger partial charge in [0.15, 0.2) is 12.4 Å². The first-order chi connectivity index (χ1) is 12.3. The third-order valence-corrected chi connectivity index (χ3v) is 4.04. The fourth-order valence-electron chi connectivity index (χ4n) is 2.15. The van der Waals surface area contributed by atoms with Gasteiger partial charge in [0.25, 0.3) is 11.7 Å². The first-order valence-corrected chi connectivity index (χ1v) is 8.64. The Bertz CT molecular complexity index is 776. The lowest BCUT2D eigenvalue weighted by molar-refractivity contribution is -0.119. The van der Waals surface area contributed by atoms with Gasteiger partial charge in [-0.2, -0.15) is 8.78 Å². The lowest BCUT2D eigenvalue weighted by atomic mass is 10.1. The number of aryl methyl sites for hydroxylation is 1. The molecular weight excluding hydrogens is 366 g/mol. The van der Waals surface area contributed by atoms with Crippen molar-refractivity contribution in [1.29, 1.82) is 0 Å². The number of benzene rings is 1. The summed E-state index contributed by atoms with van der Waals surface area (Å²) in [4.78, 5) is 24.5. The molecule has 0 atom stereocenters. The number of halogens is 2. The Kier molecular flexibility index (Phi) is 6.73. The molecule has 1 aromatic carbocycles. The predicted molar refractivity (Wildman–Crippen MR) is 92.5 cm³/mol. The summed E-state index contributed by atoms with van der Waals surface area (Å²) < 4.78 is 34.7. The minimum absolute atomic E-state index is 0.0581. The first-order valence-electron chi connectivity index (χ1n) is 7.76. The van der Waals surface area contributed by atoms with Gasteiger partial charge < -0.3 is 14.6 Å². The summed E-state index contributed by atoms with van der Waals surface area (Å²) in [6.45, 7) is 4.82. The van der Waals surface area contributed by atoms with Crippen LogP contribution in [-0.4, -0.2) is 29.4 Å².